The molecule has 0 aliphatic rings. The van der Waals surface area contributed by atoms with Gasteiger partial charge in [0, 0.05) is 17.8 Å². The molecule has 0 saturated carbocycles. The molecule has 12 heavy (non-hydrogen) atoms. The summed E-state index contributed by atoms with van der Waals surface area (Å²) in [5.74, 6) is 0. The van der Waals surface area contributed by atoms with Crippen LogP contribution in [0.4, 0.5) is 0 Å². The van der Waals surface area contributed by atoms with Gasteiger partial charge in [0.25, 0.3) is 0 Å². The summed E-state index contributed by atoms with van der Waals surface area (Å²) in [7, 11) is 0. The number of pyridine rings is 1. The summed E-state index contributed by atoms with van der Waals surface area (Å²) < 4.78 is 0. The third kappa shape index (κ3) is 2.09. The Hall–Kier alpha value is -0.310. The molecule has 0 radical (unpaired) electrons. The van der Waals surface area contributed by atoms with Crippen LogP contribution in [-0.2, 0) is 0 Å². The molecule has 0 unspecified atom stereocenters. The highest BCUT2D eigenvalue weighted by Crippen LogP contribution is 2.23. The molecule has 0 aliphatic heterocycles. The fourth-order valence-electron chi connectivity index (χ4n) is 0.918. The minimum Gasteiger partial charge on any atom is -0.324 e. The number of nitrogens with two attached hydrogens (primary N) is 1. The number of hydrogen-bond acceptors (Lipinski definition) is 2. The predicted octanol–water partition coefficient (Wildman–Crippen LogP) is 2.80. The van der Waals surface area contributed by atoms with Gasteiger partial charge in [0.05, 0.1) is 5.02 Å². The van der Waals surface area contributed by atoms with E-state index in [-0.39, 0.29) is 6.04 Å². The predicted molar refractivity (Wildman–Crippen MR) is 51.5 cm³/mol. The van der Waals surface area contributed by atoms with Gasteiger partial charge in [-0.2, -0.15) is 0 Å². The maximum absolute atomic E-state index is 5.82. The third-order valence-corrected chi connectivity index (χ3v) is 2.19. The van der Waals surface area contributed by atoms with E-state index in [9.17, 15) is 0 Å². The number of nitrogens with zero attached hydrogens (tertiary/aromatic N) is 1. The maximum Gasteiger partial charge on any atom is 0.133 e. The number of halogens is 2. The van der Waals surface area contributed by atoms with Gasteiger partial charge < -0.3 is 5.73 Å². The average molecular weight is 205 g/mol. The normalized spacial score (nSPS) is 13.0. The van der Waals surface area contributed by atoms with Crippen molar-refractivity contribution >= 4 is 23.2 Å². The molecule has 1 atom stereocenters. The lowest BCUT2D eigenvalue weighted by atomic mass is 10.1. The Morgan fingerprint density at radius 2 is 2.25 bits per heavy atom. The molecule has 2 N–H and O–H groups in total. The molecule has 0 amide bonds. The standard InChI is InChI=1S/C8H10Cl2N2/c1-2-7(11)6-3-5(9)4-12-8(6)10/h3-4,7H,2,11H2,1H3/t7-/m0/s1. The largest absolute Gasteiger partial charge is 0.324 e. The van der Waals surface area contributed by atoms with Crippen LogP contribution >= 0.6 is 23.2 Å². The molecule has 0 fully saturated rings. The first-order valence-electron chi connectivity index (χ1n) is 3.71. The van der Waals surface area contributed by atoms with E-state index < -0.39 is 0 Å². The molecular weight excluding hydrogens is 195 g/mol. The molecule has 1 aromatic heterocycles. The molecule has 4 heteroatoms. The van der Waals surface area contributed by atoms with Crippen LogP contribution in [0.3, 0.4) is 0 Å². The van der Waals surface area contributed by atoms with Crippen LogP contribution in [0.5, 0.6) is 0 Å². The van der Waals surface area contributed by atoms with E-state index in [1.165, 1.54) is 6.20 Å². The first kappa shape index (κ1) is 9.78. The molecule has 66 valence electrons. The zero-order valence-electron chi connectivity index (χ0n) is 6.72. The Bertz CT molecular complexity index is 276. The number of rotatable bonds is 2. The summed E-state index contributed by atoms with van der Waals surface area (Å²) >= 11 is 11.6. The van der Waals surface area contributed by atoms with Gasteiger partial charge in [0.1, 0.15) is 5.15 Å². The second-order valence-electron chi connectivity index (χ2n) is 2.55. The zero-order chi connectivity index (χ0) is 9.14. The lowest BCUT2D eigenvalue weighted by molar-refractivity contribution is 0.695. The zero-order valence-corrected chi connectivity index (χ0v) is 8.23. The highest BCUT2D eigenvalue weighted by molar-refractivity contribution is 6.32. The summed E-state index contributed by atoms with van der Waals surface area (Å²) in [5.41, 5.74) is 6.59. The summed E-state index contributed by atoms with van der Waals surface area (Å²) in [6.07, 6.45) is 2.33. The van der Waals surface area contributed by atoms with Crippen molar-refractivity contribution in [3.05, 3.63) is 28.0 Å². The molecule has 2 nitrogen and oxygen atoms in total. The molecule has 0 saturated heterocycles. The van der Waals surface area contributed by atoms with Gasteiger partial charge in [-0.05, 0) is 12.5 Å². The molecule has 0 bridgehead atoms. The molecule has 1 heterocycles. The van der Waals surface area contributed by atoms with E-state index >= 15 is 0 Å². The Kier molecular flexibility index (Phi) is 3.32. The van der Waals surface area contributed by atoms with Crippen molar-refractivity contribution in [1.29, 1.82) is 0 Å². The van der Waals surface area contributed by atoms with E-state index in [0.29, 0.717) is 10.2 Å². The summed E-state index contributed by atoms with van der Waals surface area (Å²) in [4.78, 5) is 3.90. The van der Waals surface area contributed by atoms with Crippen molar-refractivity contribution in [3.8, 4) is 0 Å². The fraction of sp³-hybridized carbons (Fsp3) is 0.375. The van der Waals surface area contributed by atoms with Crippen LogP contribution in [0.25, 0.3) is 0 Å². The monoisotopic (exact) mass is 204 g/mol. The minimum atomic E-state index is -0.0799. The quantitative estimate of drug-likeness (QED) is 0.754. The molecule has 0 spiro atoms. The van der Waals surface area contributed by atoms with E-state index in [4.69, 9.17) is 28.9 Å². The average Bonchev–Trinajstić information content (AvgIpc) is 2.08. The smallest absolute Gasteiger partial charge is 0.133 e. The lowest BCUT2D eigenvalue weighted by Gasteiger charge is -2.10. The SMILES string of the molecule is CC[C@H](N)c1cc(Cl)cnc1Cl. The van der Waals surface area contributed by atoms with Gasteiger partial charge in [0.15, 0.2) is 0 Å². The molecular formula is C8H10Cl2N2. The second kappa shape index (κ2) is 4.08. The Morgan fingerprint density at radius 3 is 2.83 bits per heavy atom. The fourth-order valence-corrected chi connectivity index (χ4v) is 1.33. The van der Waals surface area contributed by atoms with Crippen molar-refractivity contribution in [2.75, 3.05) is 0 Å². The maximum atomic E-state index is 5.82. The van der Waals surface area contributed by atoms with E-state index in [1.54, 1.807) is 6.07 Å². The van der Waals surface area contributed by atoms with Crippen molar-refractivity contribution in [3.63, 3.8) is 0 Å². The minimum absolute atomic E-state index is 0.0799. The van der Waals surface area contributed by atoms with Crippen LogP contribution in [-0.4, -0.2) is 4.98 Å². The summed E-state index contributed by atoms with van der Waals surface area (Å²) in [6, 6.07) is 1.68. The van der Waals surface area contributed by atoms with Crippen LogP contribution < -0.4 is 5.73 Å². The first-order chi connectivity index (χ1) is 5.65. The van der Waals surface area contributed by atoms with Gasteiger partial charge in [-0.15, -0.1) is 0 Å². The topological polar surface area (TPSA) is 38.9 Å². The molecule has 0 aliphatic carbocycles. The highest BCUT2D eigenvalue weighted by atomic mass is 35.5. The third-order valence-electron chi connectivity index (χ3n) is 1.67. The van der Waals surface area contributed by atoms with Crippen molar-refractivity contribution < 1.29 is 0 Å². The van der Waals surface area contributed by atoms with E-state index in [2.05, 4.69) is 4.98 Å². The molecule has 0 aromatic carbocycles. The summed E-state index contributed by atoms with van der Waals surface area (Å²) in [5, 5.41) is 1.01. The Balaban J connectivity index is 3.04. The Morgan fingerprint density at radius 1 is 1.58 bits per heavy atom. The van der Waals surface area contributed by atoms with Crippen LogP contribution in [0.1, 0.15) is 24.9 Å². The number of hydrogen-bond donors (Lipinski definition) is 1. The van der Waals surface area contributed by atoms with Crippen LogP contribution in [0.2, 0.25) is 10.2 Å². The van der Waals surface area contributed by atoms with Crippen LogP contribution in [0, 0.1) is 0 Å². The van der Waals surface area contributed by atoms with Gasteiger partial charge >= 0.3 is 0 Å². The molecule has 1 aromatic rings. The van der Waals surface area contributed by atoms with E-state index in [0.717, 1.165) is 12.0 Å². The van der Waals surface area contributed by atoms with Gasteiger partial charge in [0.2, 0.25) is 0 Å². The highest BCUT2D eigenvalue weighted by Gasteiger charge is 2.09. The van der Waals surface area contributed by atoms with Gasteiger partial charge in [-0.1, -0.05) is 30.1 Å². The number of aromatic nitrogens is 1. The Labute approximate surface area is 81.7 Å². The molecule has 1 rings (SSSR count). The van der Waals surface area contributed by atoms with Gasteiger partial charge in [-0.3, -0.25) is 0 Å². The van der Waals surface area contributed by atoms with E-state index in [1.807, 2.05) is 6.92 Å². The van der Waals surface area contributed by atoms with Crippen LogP contribution in [0.15, 0.2) is 12.3 Å². The van der Waals surface area contributed by atoms with Crippen molar-refractivity contribution in [1.82, 2.24) is 4.98 Å². The van der Waals surface area contributed by atoms with Crippen molar-refractivity contribution in [2.45, 2.75) is 19.4 Å². The van der Waals surface area contributed by atoms with Crippen molar-refractivity contribution in [2.24, 2.45) is 5.73 Å². The van der Waals surface area contributed by atoms with Gasteiger partial charge in [-0.25, -0.2) is 4.98 Å². The summed E-state index contributed by atoms with van der Waals surface area (Å²) in [6.45, 7) is 1.99. The lowest BCUT2D eigenvalue weighted by Crippen LogP contribution is -2.09. The second-order valence-corrected chi connectivity index (χ2v) is 3.34. The first-order valence-corrected chi connectivity index (χ1v) is 4.47.